The maximum atomic E-state index is 13.2. The molecule has 158 valence electrons. The normalized spacial score (nSPS) is 11.1. The summed E-state index contributed by atoms with van der Waals surface area (Å²) in [6.07, 6.45) is 1.64. The molecule has 0 N–H and O–H groups in total. The van der Waals surface area contributed by atoms with Gasteiger partial charge in [-0.25, -0.2) is 14.1 Å². The largest absolute Gasteiger partial charge is 0.341 e. The van der Waals surface area contributed by atoms with Crippen LogP contribution in [0.1, 0.15) is 17.8 Å². The summed E-state index contributed by atoms with van der Waals surface area (Å²) in [6.45, 7) is 2.46. The van der Waals surface area contributed by atoms with Crippen LogP contribution in [0.15, 0.2) is 65.6 Å². The minimum absolute atomic E-state index is 0.0581. The van der Waals surface area contributed by atoms with Gasteiger partial charge in [0.05, 0.1) is 11.9 Å². The van der Waals surface area contributed by atoms with Crippen LogP contribution in [0.5, 0.6) is 0 Å². The van der Waals surface area contributed by atoms with E-state index in [9.17, 15) is 14.0 Å². The first-order valence-electron chi connectivity index (χ1n) is 9.93. The standard InChI is InChI=1S/C23H22FN5O2/c1-16-26-22-20(14-25-29(22)19-10-8-18(24)9-11-19)23(31)28(16)13-12-21(30)27(2)15-17-6-4-3-5-7-17/h3-11,14H,12-13,15H2,1-2H3. The summed E-state index contributed by atoms with van der Waals surface area (Å²) in [5.74, 6) is 0.0748. The molecule has 0 spiro atoms. The van der Waals surface area contributed by atoms with Crippen molar-refractivity contribution in [3.8, 4) is 5.69 Å². The number of hydrogen-bond donors (Lipinski definition) is 0. The van der Waals surface area contributed by atoms with Crippen molar-refractivity contribution in [2.24, 2.45) is 0 Å². The van der Waals surface area contributed by atoms with Crippen molar-refractivity contribution >= 4 is 16.9 Å². The topological polar surface area (TPSA) is 73.0 Å². The minimum atomic E-state index is -0.353. The summed E-state index contributed by atoms with van der Waals surface area (Å²) in [4.78, 5) is 31.8. The average Bonchev–Trinajstić information content (AvgIpc) is 3.18. The molecular formula is C23H22FN5O2. The number of hydrogen-bond acceptors (Lipinski definition) is 4. The third-order valence-corrected chi connectivity index (χ3v) is 5.19. The third kappa shape index (κ3) is 4.23. The lowest BCUT2D eigenvalue weighted by Gasteiger charge is -2.18. The number of nitrogens with zero attached hydrogens (tertiary/aromatic N) is 5. The van der Waals surface area contributed by atoms with Gasteiger partial charge in [0.2, 0.25) is 5.91 Å². The van der Waals surface area contributed by atoms with Crippen LogP contribution in [-0.4, -0.2) is 37.2 Å². The maximum Gasteiger partial charge on any atom is 0.264 e. The van der Waals surface area contributed by atoms with E-state index in [1.54, 1.807) is 31.0 Å². The number of carbonyl (C=O) groups is 1. The number of benzene rings is 2. The van der Waals surface area contributed by atoms with E-state index in [4.69, 9.17) is 0 Å². The molecule has 4 rings (SSSR count). The first-order chi connectivity index (χ1) is 14.9. The number of rotatable bonds is 6. The maximum absolute atomic E-state index is 13.2. The van der Waals surface area contributed by atoms with Crippen molar-refractivity contribution in [1.82, 2.24) is 24.2 Å². The number of amides is 1. The van der Waals surface area contributed by atoms with Gasteiger partial charge in [-0.1, -0.05) is 30.3 Å². The summed E-state index contributed by atoms with van der Waals surface area (Å²) in [7, 11) is 1.75. The molecule has 0 aliphatic heterocycles. The Balaban J connectivity index is 1.54. The second-order valence-electron chi connectivity index (χ2n) is 7.37. The summed E-state index contributed by atoms with van der Waals surface area (Å²) in [5.41, 5.74) is 1.80. The Morgan fingerprint density at radius 1 is 1.10 bits per heavy atom. The molecule has 0 fully saturated rings. The summed E-state index contributed by atoms with van der Waals surface area (Å²) >= 11 is 0. The fourth-order valence-electron chi connectivity index (χ4n) is 3.48. The number of fused-ring (bicyclic) bond motifs is 1. The van der Waals surface area contributed by atoms with E-state index < -0.39 is 0 Å². The lowest BCUT2D eigenvalue weighted by molar-refractivity contribution is -0.130. The van der Waals surface area contributed by atoms with Gasteiger partial charge in [0, 0.05) is 26.6 Å². The predicted octanol–water partition coefficient (Wildman–Crippen LogP) is 3.08. The molecule has 0 saturated heterocycles. The molecule has 1 amide bonds. The fourth-order valence-corrected chi connectivity index (χ4v) is 3.48. The molecule has 2 heterocycles. The quantitative estimate of drug-likeness (QED) is 0.482. The monoisotopic (exact) mass is 419 g/mol. The second-order valence-corrected chi connectivity index (χ2v) is 7.37. The van der Waals surface area contributed by atoms with Crippen molar-refractivity contribution in [3.63, 3.8) is 0 Å². The Kier molecular flexibility index (Phi) is 5.62. The van der Waals surface area contributed by atoms with Gasteiger partial charge < -0.3 is 4.90 Å². The van der Waals surface area contributed by atoms with Crippen LogP contribution in [0.25, 0.3) is 16.7 Å². The average molecular weight is 419 g/mol. The molecule has 0 radical (unpaired) electrons. The molecule has 0 saturated carbocycles. The molecule has 0 atom stereocenters. The van der Waals surface area contributed by atoms with Crippen molar-refractivity contribution < 1.29 is 9.18 Å². The van der Waals surface area contributed by atoms with Crippen LogP contribution in [0.2, 0.25) is 0 Å². The molecule has 31 heavy (non-hydrogen) atoms. The van der Waals surface area contributed by atoms with E-state index in [0.29, 0.717) is 29.1 Å². The highest BCUT2D eigenvalue weighted by molar-refractivity contribution is 5.76. The smallest absolute Gasteiger partial charge is 0.264 e. The number of halogens is 1. The van der Waals surface area contributed by atoms with Gasteiger partial charge in [-0.2, -0.15) is 5.10 Å². The van der Waals surface area contributed by atoms with Crippen molar-refractivity contribution in [2.75, 3.05) is 7.05 Å². The van der Waals surface area contributed by atoms with Crippen molar-refractivity contribution in [1.29, 1.82) is 0 Å². The van der Waals surface area contributed by atoms with E-state index in [1.165, 1.54) is 27.6 Å². The molecule has 2 aromatic carbocycles. The van der Waals surface area contributed by atoms with Crippen LogP contribution in [0.4, 0.5) is 4.39 Å². The van der Waals surface area contributed by atoms with E-state index in [0.717, 1.165) is 5.56 Å². The van der Waals surface area contributed by atoms with Crippen LogP contribution in [0, 0.1) is 12.7 Å². The van der Waals surface area contributed by atoms with Crippen molar-refractivity contribution in [3.05, 3.63) is 88.4 Å². The summed E-state index contributed by atoms with van der Waals surface area (Å²) < 4.78 is 16.2. The van der Waals surface area contributed by atoms with Crippen LogP contribution < -0.4 is 5.56 Å². The summed E-state index contributed by atoms with van der Waals surface area (Å²) in [5, 5.41) is 4.60. The zero-order valence-corrected chi connectivity index (χ0v) is 17.3. The Labute approximate surface area is 178 Å². The van der Waals surface area contributed by atoms with Crippen LogP contribution >= 0.6 is 0 Å². The van der Waals surface area contributed by atoms with Crippen LogP contribution in [-0.2, 0) is 17.9 Å². The van der Waals surface area contributed by atoms with Gasteiger partial charge in [0.1, 0.15) is 17.0 Å². The molecule has 7 nitrogen and oxygen atoms in total. The molecular weight excluding hydrogens is 397 g/mol. The van der Waals surface area contributed by atoms with Gasteiger partial charge in [-0.3, -0.25) is 14.2 Å². The first kappa shape index (κ1) is 20.5. The molecule has 0 aliphatic rings. The number of aryl methyl sites for hydroxylation is 1. The van der Waals surface area contributed by atoms with Gasteiger partial charge in [-0.05, 0) is 36.8 Å². The highest BCUT2D eigenvalue weighted by atomic mass is 19.1. The van der Waals surface area contributed by atoms with E-state index in [-0.39, 0.29) is 30.2 Å². The SMILES string of the molecule is Cc1nc2c(cnn2-c2ccc(F)cc2)c(=O)n1CCC(=O)N(C)Cc1ccccc1. The first-order valence-corrected chi connectivity index (χ1v) is 9.93. The van der Waals surface area contributed by atoms with Gasteiger partial charge >= 0.3 is 0 Å². The highest BCUT2D eigenvalue weighted by Gasteiger charge is 2.16. The van der Waals surface area contributed by atoms with E-state index in [1.807, 2.05) is 30.3 Å². The Bertz CT molecular complexity index is 1280. The Hall–Kier alpha value is -3.81. The van der Waals surface area contributed by atoms with Gasteiger partial charge in [-0.15, -0.1) is 0 Å². The van der Waals surface area contributed by atoms with E-state index >= 15 is 0 Å². The molecule has 0 bridgehead atoms. The van der Waals surface area contributed by atoms with Crippen LogP contribution in [0.3, 0.4) is 0 Å². The van der Waals surface area contributed by atoms with E-state index in [2.05, 4.69) is 10.1 Å². The van der Waals surface area contributed by atoms with Gasteiger partial charge in [0.25, 0.3) is 5.56 Å². The predicted molar refractivity (Wildman–Crippen MR) is 115 cm³/mol. The second kappa shape index (κ2) is 8.51. The van der Waals surface area contributed by atoms with Crippen molar-refractivity contribution in [2.45, 2.75) is 26.4 Å². The zero-order valence-electron chi connectivity index (χ0n) is 17.3. The highest BCUT2D eigenvalue weighted by Crippen LogP contribution is 2.15. The lowest BCUT2D eigenvalue weighted by atomic mass is 10.2. The molecule has 4 aromatic rings. The number of carbonyl (C=O) groups excluding carboxylic acids is 1. The number of aromatic nitrogens is 4. The molecule has 0 aliphatic carbocycles. The minimum Gasteiger partial charge on any atom is -0.341 e. The third-order valence-electron chi connectivity index (χ3n) is 5.19. The fraction of sp³-hybridized carbons (Fsp3) is 0.217. The van der Waals surface area contributed by atoms with Gasteiger partial charge in [0.15, 0.2) is 5.65 Å². The molecule has 8 heteroatoms. The Morgan fingerprint density at radius 2 is 1.81 bits per heavy atom. The molecule has 0 unspecified atom stereocenters. The molecule has 2 aromatic heterocycles. The Morgan fingerprint density at radius 3 is 2.52 bits per heavy atom. The lowest BCUT2D eigenvalue weighted by Crippen LogP contribution is -2.30. The zero-order chi connectivity index (χ0) is 22.0. The summed E-state index contributed by atoms with van der Waals surface area (Å²) in [6, 6.07) is 15.5.